The van der Waals surface area contributed by atoms with Gasteiger partial charge in [-0.05, 0) is 42.8 Å². The number of carbonyl (C=O) groups excluding carboxylic acids is 2. The number of amides is 2. The highest BCUT2D eigenvalue weighted by atomic mass is 32.1. The zero-order valence-electron chi connectivity index (χ0n) is 17.9. The Kier molecular flexibility index (Phi) is 8.04. The monoisotopic (exact) mass is 455 g/mol. The van der Waals surface area contributed by atoms with Gasteiger partial charge in [0.2, 0.25) is 5.91 Å². The van der Waals surface area contributed by atoms with Gasteiger partial charge in [-0.25, -0.2) is 4.98 Å². The van der Waals surface area contributed by atoms with E-state index in [9.17, 15) is 14.7 Å². The summed E-state index contributed by atoms with van der Waals surface area (Å²) in [5.74, 6) is 0.910. The molecule has 168 valence electrons. The number of ether oxygens (including phenoxy) is 2. The molecule has 0 atom stereocenters. The summed E-state index contributed by atoms with van der Waals surface area (Å²) < 4.78 is 10.6. The molecule has 0 saturated carbocycles. The number of nitrogens with zero attached hydrogens (tertiary/aromatic N) is 1. The van der Waals surface area contributed by atoms with E-state index >= 15 is 0 Å². The van der Waals surface area contributed by atoms with Gasteiger partial charge in [-0.1, -0.05) is 6.07 Å². The highest BCUT2D eigenvalue weighted by Gasteiger charge is 2.12. The Hall–Kier alpha value is -3.59. The highest BCUT2D eigenvalue weighted by Crippen LogP contribution is 2.33. The molecule has 0 radical (unpaired) electrons. The third-order valence-electron chi connectivity index (χ3n) is 4.59. The first-order chi connectivity index (χ1) is 15.5. The summed E-state index contributed by atoms with van der Waals surface area (Å²) in [6.45, 7) is 0.848. The molecule has 0 saturated heterocycles. The van der Waals surface area contributed by atoms with E-state index in [0.717, 1.165) is 10.6 Å². The smallest absolute Gasteiger partial charge is 0.251 e. The van der Waals surface area contributed by atoms with Crippen LogP contribution in [0.2, 0.25) is 0 Å². The van der Waals surface area contributed by atoms with E-state index in [2.05, 4.69) is 15.6 Å². The summed E-state index contributed by atoms with van der Waals surface area (Å²) in [6.07, 6.45) is 0.768. The Bertz CT molecular complexity index is 1080. The lowest BCUT2D eigenvalue weighted by Crippen LogP contribution is -2.30. The molecule has 3 rings (SSSR count). The van der Waals surface area contributed by atoms with E-state index in [4.69, 9.17) is 9.47 Å². The van der Waals surface area contributed by atoms with Crippen LogP contribution >= 0.6 is 11.3 Å². The van der Waals surface area contributed by atoms with Crippen molar-refractivity contribution in [2.45, 2.75) is 12.8 Å². The lowest BCUT2D eigenvalue weighted by molar-refractivity contribution is -0.120. The quantitative estimate of drug-likeness (QED) is 0.406. The zero-order chi connectivity index (χ0) is 22.9. The third kappa shape index (κ3) is 6.21. The molecule has 0 aliphatic heterocycles. The second kappa shape index (κ2) is 11.1. The van der Waals surface area contributed by atoms with Crippen molar-refractivity contribution in [1.82, 2.24) is 15.6 Å². The largest absolute Gasteiger partial charge is 0.508 e. The third-order valence-corrected chi connectivity index (χ3v) is 5.53. The molecule has 0 spiro atoms. The number of benzene rings is 2. The number of nitrogens with one attached hydrogen (secondary N) is 2. The van der Waals surface area contributed by atoms with E-state index in [-0.39, 0.29) is 24.0 Å². The lowest BCUT2D eigenvalue weighted by atomic mass is 10.2. The average molecular weight is 456 g/mol. The molecular formula is C23H25N3O5S. The van der Waals surface area contributed by atoms with Crippen molar-refractivity contribution in [3.63, 3.8) is 0 Å². The lowest BCUT2D eigenvalue weighted by Gasteiger charge is -2.08. The van der Waals surface area contributed by atoms with Crippen LogP contribution in [0.4, 0.5) is 0 Å². The summed E-state index contributed by atoms with van der Waals surface area (Å²) in [6, 6.07) is 11.7. The molecule has 2 aromatic carbocycles. The van der Waals surface area contributed by atoms with Gasteiger partial charge in [0.05, 0.1) is 26.3 Å². The number of hydrogen-bond donors (Lipinski definition) is 3. The highest BCUT2D eigenvalue weighted by molar-refractivity contribution is 7.13. The van der Waals surface area contributed by atoms with E-state index in [1.165, 1.54) is 23.5 Å². The van der Waals surface area contributed by atoms with Gasteiger partial charge in [0.25, 0.3) is 5.91 Å². The van der Waals surface area contributed by atoms with Gasteiger partial charge < -0.3 is 25.2 Å². The summed E-state index contributed by atoms with van der Waals surface area (Å²) in [5, 5.41) is 17.7. The van der Waals surface area contributed by atoms with Gasteiger partial charge in [-0.15, -0.1) is 11.3 Å². The molecule has 1 aromatic heterocycles. The van der Waals surface area contributed by atoms with Gasteiger partial charge in [0, 0.05) is 29.6 Å². The SMILES string of the molecule is COc1ccc(-c2nc(CC(=O)NCCCNC(=O)c3cccc(O)c3)cs2)cc1OC. The standard InChI is InChI=1S/C23H25N3O5S/c1-30-19-8-7-16(12-20(19)31-2)23-26-17(14-32-23)13-21(28)24-9-4-10-25-22(29)15-5-3-6-18(27)11-15/h3,5-8,11-12,14,27H,4,9-10,13H2,1-2H3,(H,24,28)(H,25,29). The van der Waals surface area contributed by atoms with Crippen LogP contribution in [-0.4, -0.2) is 49.2 Å². The van der Waals surface area contributed by atoms with Crippen molar-refractivity contribution in [2.24, 2.45) is 0 Å². The van der Waals surface area contributed by atoms with Crippen LogP contribution in [-0.2, 0) is 11.2 Å². The normalized spacial score (nSPS) is 10.4. The summed E-state index contributed by atoms with van der Waals surface area (Å²) >= 11 is 1.46. The number of phenolic OH excluding ortho intramolecular Hbond substituents is 1. The van der Waals surface area contributed by atoms with Crippen molar-refractivity contribution in [1.29, 1.82) is 0 Å². The van der Waals surface area contributed by atoms with Crippen LogP contribution in [0.25, 0.3) is 10.6 Å². The molecule has 2 amide bonds. The van der Waals surface area contributed by atoms with E-state index < -0.39 is 0 Å². The molecule has 0 unspecified atom stereocenters. The maximum Gasteiger partial charge on any atom is 0.251 e. The molecule has 0 fully saturated rings. The first-order valence-electron chi connectivity index (χ1n) is 10.0. The zero-order valence-corrected chi connectivity index (χ0v) is 18.7. The molecule has 0 bridgehead atoms. The number of phenols is 1. The molecule has 8 nitrogen and oxygen atoms in total. The molecule has 32 heavy (non-hydrogen) atoms. The van der Waals surface area contributed by atoms with E-state index in [1.54, 1.807) is 26.4 Å². The first-order valence-corrected chi connectivity index (χ1v) is 10.9. The molecular weight excluding hydrogens is 430 g/mol. The second-order valence-corrected chi connectivity index (χ2v) is 7.76. The van der Waals surface area contributed by atoms with Gasteiger partial charge in [0.15, 0.2) is 11.5 Å². The topological polar surface area (TPSA) is 110 Å². The van der Waals surface area contributed by atoms with Crippen LogP contribution in [0, 0.1) is 0 Å². The van der Waals surface area contributed by atoms with Crippen molar-refractivity contribution >= 4 is 23.2 Å². The summed E-state index contributed by atoms with van der Waals surface area (Å²) in [4.78, 5) is 28.7. The number of aromatic hydroxyl groups is 1. The van der Waals surface area contributed by atoms with Crippen molar-refractivity contribution in [3.05, 3.63) is 59.1 Å². The number of carbonyl (C=O) groups is 2. The van der Waals surface area contributed by atoms with Gasteiger partial charge in [-0.2, -0.15) is 0 Å². The number of hydrogen-bond acceptors (Lipinski definition) is 7. The molecule has 0 aliphatic carbocycles. The van der Waals surface area contributed by atoms with Crippen molar-refractivity contribution in [2.75, 3.05) is 27.3 Å². The minimum Gasteiger partial charge on any atom is -0.508 e. The van der Waals surface area contributed by atoms with E-state index in [1.807, 2.05) is 23.6 Å². The maximum atomic E-state index is 12.2. The Morgan fingerprint density at radius 2 is 1.81 bits per heavy atom. The fraction of sp³-hybridized carbons (Fsp3) is 0.261. The maximum absolute atomic E-state index is 12.2. The fourth-order valence-electron chi connectivity index (χ4n) is 2.98. The summed E-state index contributed by atoms with van der Waals surface area (Å²) in [7, 11) is 3.16. The predicted octanol–water partition coefficient (Wildman–Crippen LogP) is 3.01. The first kappa shape index (κ1) is 23.1. The van der Waals surface area contributed by atoms with Crippen LogP contribution < -0.4 is 20.1 Å². The number of aromatic nitrogens is 1. The Balaban J connectivity index is 1.42. The number of rotatable bonds is 10. The minimum absolute atomic E-state index is 0.0428. The molecule has 3 aromatic rings. The average Bonchev–Trinajstić information content (AvgIpc) is 3.26. The number of methoxy groups -OCH3 is 2. The second-order valence-electron chi connectivity index (χ2n) is 6.90. The minimum atomic E-state index is -0.266. The van der Waals surface area contributed by atoms with Crippen molar-refractivity contribution in [3.8, 4) is 27.8 Å². The van der Waals surface area contributed by atoms with Crippen LogP contribution in [0.3, 0.4) is 0 Å². The fourth-order valence-corrected chi connectivity index (χ4v) is 3.80. The molecule has 0 aliphatic rings. The summed E-state index contributed by atoms with van der Waals surface area (Å²) in [5.41, 5.74) is 1.97. The Labute approximate surface area is 190 Å². The molecule has 1 heterocycles. The molecule has 9 heteroatoms. The van der Waals surface area contributed by atoms with Gasteiger partial charge >= 0.3 is 0 Å². The van der Waals surface area contributed by atoms with Crippen LogP contribution in [0.1, 0.15) is 22.5 Å². The van der Waals surface area contributed by atoms with Crippen LogP contribution in [0.5, 0.6) is 17.2 Å². The van der Waals surface area contributed by atoms with E-state index in [0.29, 0.717) is 42.3 Å². The van der Waals surface area contributed by atoms with Gasteiger partial charge in [-0.3, -0.25) is 9.59 Å². The Morgan fingerprint density at radius 1 is 1.03 bits per heavy atom. The van der Waals surface area contributed by atoms with Crippen LogP contribution in [0.15, 0.2) is 47.8 Å². The number of thiazole rings is 1. The molecule has 3 N–H and O–H groups in total. The van der Waals surface area contributed by atoms with Gasteiger partial charge in [0.1, 0.15) is 10.8 Å². The Morgan fingerprint density at radius 3 is 2.56 bits per heavy atom. The van der Waals surface area contributed by atoms with Crippen molar-refractivity contribution < 1.29 is 24.2 Å². The predicted molar refractivity (Wildman–Crippen MR) is 122 cm³/mol.